The molecular weight excluding hydrogens is 1520 g/mol. The zero-order valence-corrected chi connectivity index (χ0v) is 70.8. The molecule has 0 spiro atoms. The van der Waals surface area contributed by atoms with E-state index in [9.17, 15) is 5.11 Å². The van der Waals surface area contributed by atoms with Crippen LogP contribution >= 0.6 is 0 Å². The number of aliphatic hydroxyl groups excluding tert-OH is 1. The molecule has 4 aliphatic carbocycles. The van der Waals surface area contributed by atoms with Crippen LogP contribution < -0.4 is 28.4 Å². The van der Waals surface area contributed by atoms with Crippen LogP contribution in [0.3, 0.4) is 0 Å². The number of benzene rings is 13. The van der Waals surface area contributed by atoms with Gasteiger partial charge in [0.25, 0.3) is 0 Å². The van der Waals surface area contributed by atoms with Crippen molar-refractivity contribution in [2.75, 3.05) is 69.1 Å². The third-order valence-electron chi connectivity index (χ3n) is 25.4. The Bertz CT molecular complexity index is 5280. The second-order valence-electron chi connectivity index (χ2n) is 32.5. The van der Waals surface area contributed by atoms with E-state index in [1.807, 2.05) is 91.0 Å². The first-order valence-corrected chi connectivity index (χ1v) is 42.3. The highest BCUT2D eigenvalue weighted by Gasteiger charge is 2.69. The largest absolute Gasteiger partial charge is 0.497 e. The Hall–Kier alpha value is -13.3. The van der Waals surface area contributed by atoms with Gasteiger partial charge in [0.05, 0.1) is 69.1 Å². The Morgan fingerprint density at radius 2 is 0.407 bits per heavy atom. The highest BCUT2D eigenvalue weighted by molar-refractivity contribution is 5.57. The van der Waals surface area contributed by atoms with Crippen LogP contribution in [-0.2, 0) is 52.7 Å². The normalized spacial score (nSPS) is 17.4. The summed E-state index contributed by atoms with van der Waals surface area (Å²) in [4.78, 5) is 0. The molecule has 0 heterocycles. The molecule has 4 fully saturated rings. The maximum Gasteiger partial charge on any atom is 0.143 e. The van der Waals surface area contributed by atoms with Crippen LogP contribution in [0.25, 0.3) is 0 Å². The minimum absolute atomic E-state index is 0.0175. The molecule has 614 valence electrons. The lowest BCUT2D eigenvalue weighted by Crippen LogP contribution is -2.67. The molecule has 0 aromatic heterocycles. The van der Waals surface area contributed by atoms with Crippen molar-refractivity contribution in [2.45, 2.75) is 103 Å². The summed E-state index contributed by atoms with van der Waals surface area (Å²) in [6, 6.07) is 117. The van der Waals surface area contributed by atoms with Crippen molar-refractivity contribution in [3.8, 4) is 81.9 Å². The van der Waals surface area contributed by atoms with Gasteiger partial charge in [-0.2, -0.15) is 0 Å². The average Bonchev–Trinajstić information content (AvgIpc) is 0.663. The summed E-state index contributed by atoms with van der Waals surface area (Å²) in [6.07, 6.45) is 7.67. The van der Waals surface area contributed by atoms with Gasteiger partial charge in [-0.1, -0.05) is 260 Å². The molecule has 0 unspecified atom stereocenters. The predicted octanol–water partition coefficient (Wildman–Crippen LogP) is 22.2. The number of rotatable bonds is 29. The zero-order valence-electron chi connectivity index (χ0n) is 70.8. The smallest absolute Gasteiger partial charge is 0.143 e. The fourth-order valence-corrected chi connectivity index (χ4v) is 20.2. The van der Waals surface area contributed by atoms with Gasteiger partial charge in [-0.3, -0.25) is 0 Å². The molecule has 13 aromatic carbocycles. The summed E-state index contributed by atoms with van der Waals surface area (Å²) in [5, 5.41) is 9.75. The van der Waals surface area contributed by atoms with Crippen LogP contribution in [0, 0.1) is 47.4 Å². The first kappa shape index (κ1) is 83.4. The van der Waals surface area contributed by atoms with E-state index in [2.05, 4.69) is 290 Å². The Balaban J connectivity index is 0.731. The summed E-state index contributed by atoms with van der Waals surface area (Å²) in [5.41, 5.74) is 13.9. The molecule has 0 atom stereocenters. The Morgan fingerprint density at radius 3 is 0.585 bits per heavy atom. The van der Waals surface area contributed by atoms with Gasteiger partial charge < -0.3 is 47.7 Å². The van der Waals surface area contributed by atoms with Crippen LogP contribution in [0.1, 0.15) is 159 Å². The molecule has 4 aliphatic rings. The van der Waals surface area contributed by atoms with Crippen molar-refractivity contribution in [3.05, 3.63) is 428 Å². The number of hydrogen-bond donors (Lipinski definition) is 1. The van der Waals surface area contributed by atoms with Crippen LogP contribution in [0.5, 0.6) is 34.5 Å². The van der Waals surface area contributed by atoms with Crippen molar-refractivity contribution < 1.29 is 47.7 Å². The number of ether oxygens (including phenoxy) is 9. The average molecular weight is 1620 g/mol. The standard InChI is InChI=1S/C113H102O10/c1-115-101-62-50-95(51-63-101)111(92-28-10-7-11-29-92,96-52-64-102(116-2)65-53-96)121-75-21-17-25-85-36-44-89(45-37-85)108-78-107(88-42-34-84(35-43-88)24-16-20-74-114)79-109(81-108,90-46-38-86(39-47-90)26-18-22-76-122-112(93-30-12-8-13-31-93,97-54-66-103(117-3)67-55-97)98-56-68-104(118-4)69-57-98)83-110(80-107,82-108)91-48-40-87(41-49-91)27-19-23-77-123-113(94-32-14-9-15-33-94,99-58-70-105(119-5)71-59-99)100-60-72-106(120-6)73-61-100/h7-15,28-73,114H,20-23,74-83H2,1-6H3. The molecule has 10 heteroatoms. The summed E-state index contributed by atoms with van der Waals surface area (Å²) >= 11 is 0. The minimum Gasteiger partial charge on any atom is -0.497 e. The van der Waals surface area contributed by atoms with E-state index >= 15 is 0 Å². The number of methoxy groups -OCH3 is 6. The first-order chi connectivity index (χ1) is 60.4. The molecule has 4 saturated carbocycles. The predicted molar refractivity (Wildman–Crippen MR) is 488 cm³/mol. The third-order valence-corrected chi connectivity index (χ3v) is 25.4. The SMILES string of the molecule is COc1ccc(C(OCCC#Cc2ccc(C34CC5(c6ccc(C#CCCO)cc6)CC(c6ccc(C#CCCOC(c7ccccc7)(c7ccc(OC)cc7)c7ccc(OC)cc7)cc6)(C3)CC(c3ccc(C#CCCOC(c6ccccc6)(c6ccc(OC)cc6)c6ccc(OC)cc6)cc3)(C5)C4)cc2)(c2ccccc2)c2ccc(OC)cc2)cc1. The van der Waals surface area contributed by atoms with Crippen molar-refractivity contribution in [1.82, 2.24) is 0 Å². The lowest BCUT2D eigenvalue weighted by atomic mass is 9.32. The molecule has 4 bridgehead atoms. The minimum atomic E-state index is -0.961. The van der Waals surface area contributed by atoms with E-state index in [0.29, 0.717) is 45.5 Å². The van der Waals surface area contributed by atoms with Crippen molar-refractivity contribution >= 4 is 0 Å². The van der Waals surface area contributed by atoms with E-state index in [1.165, 1.54) is 22.3 Å². The first-order valence-electron chi connectivity index (χ1n) is 42.3. The van der Waals surface area contributed by atoms with Crippen molar-refractivity contribution in [1.29, 1.82) is 0 Å². The summed E-state index contributed by atoms with van der Waals surface area (Å²) in [5.74, 6) is 32.5. The topological polar surface area (TPSA) is 103 Å². The van der Waals surface area contributed by atoms with Crippen molar-refractivity contribution in [2.24, 2.45) is 0 Å². The third kappa shape index (κ3) is 17.2. The van der Waals surface area contributed by atoms with Gasteiger partial charge in [0, 0.05) is 47.9 Å². The Labute approximate surface area is 725 Å². The molecule has 0 amide bonds. The van der Waals surface area contributed by atoms with Gasteiger partial charge in [0.15, 0.2) is 0 Å². The lowest BCUT2D eigenvalue weighted by Gasteiger charge is -2.71. The molecule has 13 aromatic rings. The highest BCUT2D eigenvalue weighted by Crippen LogP contribution is 2.75. The zero-order chi connectivity index (χ0) is 84.6. The monoisotopic (exact) mass is 1620 g/mol. The van der Waals surface area contributed by atoms with Gasteiger partial charge in [-0.25, -0.2) is 0 Å². The second-order valence-corrected chi connectivity index (χ2v) is 32.5. The molecule has 123 heavy (non-hydrogen) atoms. The van der Waals surface area contributed by atoms with Gasteiger partial charge in [0.1, 0.15) is 51.3 Å². The van der Waals surface area contributed by atoms with Crippen molar-refractivity contribution in [3.63, 3.8) is 0 Å². The van der Waals surface area contributed by atoms with Gasteiger partial charge in [0.2, 0.25) is 0 Å². The number of aliphatic hydroxyl groups is 1. The molecular formula is C113H102O10. The second kappa shape index (κ2) is 37.4. The maximum absolute atomic E-state index is 9.75. The van der Waals surface area contributed by atoms with E-state index < -0.39 is 16.8 Å². The summed E-state index contributed by atoms with van der Waals surface area (Å²) in [7, 11) is 10.1. The van der Waals surface area contributed by atoms with Gasteiger partial charge in [-0.15, -0.1) is 0 Å². The quantitative estimate of drug-likeness (QED) is 0.0277. The van der Waals surface area contributed by atoms with Crippen LogP contribution in [0.15, 0.2) is 334 Å². The molecule has 0 saturated heterocycles. The molecule has 0 radical (unpaired) electrons. The Morgan fingerprint density at radius 1 is 0.228 bits per heavy atom. The van der Waals surface area contributed by atoms with E-state index in [1.54, 1.807) is 42.7 Å². The van der Waals surface area contributed by atoms with Gasteiger partial charge >= 0.3 is 0 Å². The fraction of sp³-hybridized carbons (Fsp3) is 0.239. The van der Waals surface area contributed by atoms with Crippen LogP contribution in [0.4, 0.5) is 0 Å². The van der Waals surface area contributed by atoms with Gasteiger partial charge in [-0.05, 0) is 254 Å². The molecule has 1 N–H and O–H groups in total. The van der Waals surface area contributed by atoms with Crippen LogP contribution in [-0.4, -0.2) is 74.2 Å². The summed E-state index contributed by atoms with van der Waals surface area (Å²) < 4.78 is 55.6. The highest BCUT2D eigenvalue weighted by atomic mass is 16.5. The molecule has 0 aliphatic heterocycles. The molecule has 10 nitrogen and oxygen atoms in total. The Kier molecular flexibility index (Phi) is 25.3. The fourth-order valence-electron chi connectivity index (χ4n) is 20.2. The lowest BCUT2D eigenvalue weighted by molar-refractivity contribution is -0.0691. The molecule has 17 rings (SSSR count). The maximum atomic E-state index is 9.75. The van der Waals surface area contributed by atoms with Crippen LogP contribution in [0.2, 0.25) is 0 Å². The van der Waals surface area contributed by atoms with E-state index in [-0.39, 0.29) is 28.3 Å². The summed E-state index contributed by atoms with van der Waals surface area (Å²) in [6.45, 7) is 1.09. The van der Waals surface area contributed by atoms with E-state index in [4.69, 9.17) is 42.6 Å². The number of hydrogen-bond acceptors (Lipinski definition) is 10. The van der Waals surface area contributed by atoms with E-state index in [0.717, 1.165) is 145 Å².